The van der Waals surface area contributed by atoms with Crippen LogP contribution in [0.25, 0.3) is 0 Å². The molecule has 2 aliphatic heterocycles. The number of aliphatic hydroxyl groups excluding tert-OH is 1. The van der Waals surface area contributed by atoms with E-state index in [0.29, 0.717) is 19.3 Å². The van der Waals surface area contributed by atoms with E-state index >= 15 is 0 Å². The lowest BCUT2D eigenvalue weighted by molar-refractivity contribution is 0.00720. The first-order valence-electron chi connectivity index (χ1n) is 7.98. The summed E-state index contributed by atoms with van der Waals surface area (Å²) in [7, 11) is 0. The molecule has 3 rings (SSSR count). The number of benzene rings is 1. The first-order chi connectivity index (χ1) is 10.2. The third kappa shape index (κ3) is 3.64. The van der Waals surface area contributed by atoms with Gasteiger partial charge in [-0.3, -0.25) is 4.90 Å². The molecule has 0 bridgehead atoms. The van der Waals surface area contributed by atoms with E-state index in [-0.39, 0.29) is 0 Å². The Morgan fingerprint density at radius 3 is 2.90 bits per heavy atom. The summed E-state index contributed by atoms with van der Waals surface area (Å²) in [5, 5.41) is 13.7. The minimum absolute atomic E-state index is 0.400. The molecule has 2 N–H and O–H groups in total. The summed E-state index contributed by atoms with van der Waals surface area (Å²) < 4.78 is 5.63. The lowest BCUT2D eigenvalue weighted by Crippen LogP contribution is -2.40. The molecule has 0 amide bonds. The molecule has 0 aliphatic carbocycles. The highest BCUT2D eigenvalue weighted by Crippen LogP contribution is 2.32. The number of nitrogens with zero attached hydrogens (tertiary/aromatic N) is 1. The van der Waals surface area contributed by atoms with Crippen LogP contribution in [0.15, 0.2) is 30.3 Å². The first kappa shape index (κ1) is 15.0. The Bertz CT molecular complexity index is 440. The lowest BCUT2D eigenvalue weighted by atomic mass is 9.95. The van der Waals surface area contributed by atoms with Gasteiger partial charge < -0.3 is 15.2 Å². The van der Waals surface area contributed by atoms with Crippen LogP contribution in [-0.4, -0.2) is 54.9 Å². The summed E-state index contributed by atoms with van der Waals surface area (Å²) in [6.07, 6.45) is -0.400. The van der Waals surface area contributed by atoms with Crippen molar-refractivity contribution in [2.45, 2.75) is 25.7 Å². The third-order valence-electron chi connectivity index (χ3n) is 4.92. The molecule has 4 atom stereocenters. The van der Waals surface area contributed by atoms with Gasteiger partial charge in [-0.25, -0.2) is 0 Å². The van der Waals surface area contributed by atoms with E-state index in [0.717, 1.165) is 43.6 Å². The van der Waals surface area contributed by atoms with E-state index in [1.807, 2.05) is 30.3 Å². The Hall–Kier alpha value is -0.940. The normalized spacial score (nSPS) is 30.5. The summed E-state index contributed by atoms with van der Waals surface area (Å²) >= 11 is 0. The molecule has 4 nitrogen and oxygen atoms in total. The van der Waals surface area contributed by atoms with Gasteiger partial charge in [-0.15, -0.1) is 0 Å². The monoisotopic (exact) mass is 290 g/mol. The van der Waals surface area contributed by atoms with Gasteiger partial charge in [0.2, 0.25) is 0 Å². The van der Waals surface area contributed by atoms with Crippen molar-refractivity contribution in [2.75, 3.05) is 32.8 Å². The van der Waals surface area contributed by atoms with Crippen LogP contribution in [-0.2, 0) is 11.3 Å². The fourth-order valence-corrected chi connectivity index (χ4v) is 3.71. The van der Waals surface area contributed by atoms with Gasteiger partial charge in [-0.2, -0.15) is 0 Å². The van der Waals surface area contributed by atoms with Crippen LogP contribution in [0.4, 0.5) is 0 Å². The van der Waals surface area contributed by atoms with Gasteiger partial charge in [0.25, 0.3) is 0 Å². The number of hydrogen-bond acceptors (Lipinski definition) is 4. The standard InChI is InChI=1S/C17H26N2O2/c1-13-17-8-18-7-15(17)9-19(13)10-16(20)12-21-11-14-5-3-2-4-6-14/h2-6,13,15-18,20H,7-12H2,1H3. The number of likely N-dealkylation sites (tertiary alicyclic amines) is 1. The van der Waals surface area contributed by atoms with Gasteiger partial charge in [0, 0.05) is 19.1 Å². The molecule has 0 spiro atoms. The molecular weight excluding hydrogens is 264 g/mol. The average Bonchev–Trinajstić information content (AvgIpc) is 3.05. The van der Waals surface area contributed by atoms with Crippen LogP contribution in [0.3, 0.4) is 0 Å². The minimum Gasteiger partial charge on any atom is -0.389 e. The lowest BCUT2D eigenvalue weighted by Gasteiger charge is -2.26. The molecule has 0 saturated carbocycles. The number of nitrogens with one attached hydrogen (secondary N) is 1. The van der Waals surface area contributed by atoms with E-state index in [1.54, 1.807) is 0 Å². The molecule has 0 aromatic heterocycles. The highest BCUT2D eigenvalue weighted by molar-refractivity contribution is 5.13. The molecule has 4 unspecified atom stereocenters. The van der Waals surface area contributed by atoms with Crippen LogP contribution in [0.1, 0.15) is 12.5 Å². The van der Waals surface area contributed by atoms with E-state index < -0.39 is 6.10 Å². The van der Waals surface area contributed by atoms with Crippen molar-refractivity contribution in [2.24, 2.45) is 11.8 Å². The molecule has 1 aromatic rings. The average molecular weight is 290 g/mol. The molecule has 1 aromatic carbocycles. The second-order valence-electron chi connectivity index (χ2n) is 6.43. The number of fused-ring (bicyclic) bond motifs is 1. The second-order valence-corrected chi connectivity index (χ2v) is 6.43. The molecule has 116 valence electrons. The van der Waals surface area contributed by atoms with Gasteiger partial charge >= 0.3 is 0 Å². The van der Waals surface area contributed by atoms with Crippen LogP contribution in [0.5, 0.6) is 0 Å². The van der Waals surface area contributed by atoms with Crippen molar-refractivity contribution in [1.29, 1.82) is 0 Å². The molecule has 2 aliphatic rings. The molecular formula is C17H26N2O2. The van der Waals surface area contributed by atoms with Crippen LogP contribution in [0.2, 0.25) is 0 Å². The van der Waals surface area contributed by atoms with Gasteiger partial charge in [0.05, 0.1) is 19.3 Å². The number of hydrogen-bond donors (Lipinski definition) is 2. The zero-order valence-corrected chi connectivity index (χ0v) is 12.7. The molecule has 2 heterocycles. The van der Waals surface area contributed by atoms with E-state index in [9.17, 15) is 5.11 Å². The fraction of sp³-hybridized carbons (Fsp3) is 0.647. The number of ether oxygens (including phenoxy) is 1. The van der Waals surface area contributed by atoms with Crippen LogP contribution in [0, 0.1) is 11.8 Å². The number of β-amino-alcohol motifs (C(OH)–C–C–N with tert-alkyl or cyclic N) is 1. The summed E-state index contributed by atoms with van der Waals surface area (Å²) in [5.74, 6) is 1.51. The fourth-order valence-electron chi connectivity index (χ4n) is 3.71. The van der Waals surface area contributed by atoms with Crippen molar-refractivity contribution in [3.05, 3.63) is 35.9 Å². The Labute approximate surface area is 127 Å². The van der Waals surface area contributed by atoms with E-state index in [1.165, 1.54) is 0 Å². The minimum atomic E-state index is -0.400. The maximum Gasteiger partial charge on any atom is 0.0900 e. The third-order valence-corrected chi connectivity index (χ3v) is 4.92. The molecule has 21 heavy (non-hydrogen) atoms. The predicted molar refractivity (Wildman–Crippen MR) is 83.0 cm³/mol. The zero-order chi connectivity index (χ0) is 14.7. The van der Waals surface area contributed by atoms with E-state index in [2.05, 4.69) is 17.1 Å². The zero-order valence-electron chi connectivity index (χ0n) is 12.7. The second kappa shape index (κ2) is 6.88. The Morgan fingerprint density at radius 2 is 2.14 bits per heavy atom. The summed E-state index contributed by atoms with van der Waals surface area (Å²) in [4.78, 5) is 2.42. The Kier molecular flexibility index (Phi) is 4.91. The SMILES string of the molecule is CC1C2CNCC2CN1CC(O)COCc1ccccc1. The van der Waals surface area contributed by atoms with Crippen molar-refractivity contribution in [3.8, 4) is 0 Å². The van der Waals surface area contributed by atoms with Crippen LogP contribution < -0.4 is 5.32 Å². The van der Waals surface area contributed by atoms with Gasteiger partial charge in [-0.1, -0.05) is 30.3 Å². The van der Waals surface area contributed by atoms with Gasteiger partial charge in [0.15, 0.2) is 0 Å². The highest BCUT2D eigenvalue weighted by Gasteiger charge is 2.41. The predicted octanol–water partition coefficient (Wildman–Crippen LogP) is 1.10. The van der Waals surface area contributed by atoms with E-state index in [4.69, 9.17) is 4.74 Å². The molecule has 2 saturated heterocycles. The van der Waals surface area contributed by atoms with Crippen LogP contribution >= 0.6 is 0 Å². The molecule has 2 fully saturated rings. The Balaban J connectivity index is 1.39. The smallest absolute Gasteiger partial charge is 0.0900 e. The quantitative estimate of drug-likeness (QED) is 0.824. The first-order valence-corrected chi connectivity index (χ1v) is 7.98. The summed E-state index contributed by atoms with van der Waals surface area (Å²) in [6, 6.07) is 10.7. The summed E-state index contributed by atoms with van der Waals surface area (Å²) in [6.45, 7) is 7.36. The number of rotatable bonds is 6. The van der Waals surface area contributed by atoms with Gasteiger partial charge in [0.1, 0.15) is 0 Å². The highest BCUT2D eigenvalue weighted by atomic mass is 16.5. The number of aliphatic hydroxyl groups is 1. The van der Waals surface area contributed by atoms with Crippen molar-refractivity contribution in [3.63, 3.8) is 0 Å². The maximum atomic E-state index is 10.2. The van der Waals surface area contributed by atoms with Crippen molar-refractivity contribution in [1.82, 2.24) is 10.2 Å². The van der Waals surface area contributed by atoms with Crippen molar-refractivity contribution < 1.29 is 9.84 Å². The molecule has 0 radical (unpaired) electrons. The largest absolute Gasteiger partial charge is 0.389 e. The Morgan fingerprint density at radius 1 is 1.33 bits per heavy atom. The van der Waals surface area contributed by atoms with Gasteiger partial charge in [-0.05, 0) is 37.4 Å². The van der Waals surface area contributed by atoms with Crippen molar-refractivity contribution >= 4 is 0 Å². The maximum absolute atomic E-state index is 10.2. The molecule has 4 heteroatoms. The topological polar surface area (TPSA) is 44.7 Å². The summed E-state index contributed by atoms with van der Waals surface area (Å²) in [5.41, 5.74) is 1.15.